The first kappa shape index (κ1) is 14.6. The summed E-state index contributed by atoms with van der Waals surface area (Å²) in [5.74, 6) is 0. The second kappa shape index (κ2) is 7.10. The van der Waals surface area contributed by atoms with Crippen LogP contribution < -0.4 is 10.5 Å². The molecule has 5 heteroatoms. The SMILES string of the molecule is Cc1c[nH]c(=O)c(Cl)c1.c1cc(N2CCCC2)ccn1. The molecule has 1 aliphatic rings. The molecule has 20 heavy (non-hydrogen) atoms. The van der Waals surface area contributed by atoms with Crippen LogP contribution >= 0.6 is 11.6 Å². The maximum atomic E-state index is 10.6. The fourth-order valence-electron chi connectivity index (χ4n) is 2.09. The summed E-state index contributed by atoms with van der Waals surface area (Å²) in [6.07, 6.45) is 8.00. The van der Waals surface area contributed by atoms with Crippen molar-refractivity contribution in [1.29, 1.82) is 0 Å². The summed E-state index contributed by atoms with van der Waals surface area (Å²) < 4.78 is 0. The van der Waals surface area contributed by atoms with Crippen molar-refractivity contribution in [3.63, 3.8) is 0 Å². The molecule has 2 aromatic heterocycles. The van der Waals surface area contributed by atoms with Gasteiger partial charge in [-0.15, -0.1) is 0 Å². The molecule has 106 valence electrons. The van der Waals surface area contributed by atoms with Crippen LogP contribution in [0.5, 0.6) is 0 Å². The summed E-state index contributed by atoms with van der Waals surface area (Å²) in [6, 6.07) is 5.77. The second-order valence-corrected chi connectivity index (χ2v) is 5.16. The quantitative estimate of drug-likeness (QED) is 0.878. The molecule has 0 aliphatic carbocycles. The number of nitrogens with zero attached hydrogens (tertiary/aromatic N) is 2. The first-order chi connectivity index (χ1) is 9.66. The number of H-pyrrole nitrogens is 1. The number of rotatable bonds is 1. The van der Waals surface area contributed by atoms with Gasteiger partial charge in [-0.3, -0.25) is 9.78 Å². The number of pyridine rings is 2. The minimum atomic E-state index is -0.234. The van der Waals surface area contributed by atoms with E-state index in [2.05, 4.69) is 27.0 Å². The van der Waals surface area contributed by atoms with Gasteiger partial charge in [-0.1, -0.05) is 11.6 Å². The number of nitrogens with one attached hydrogen (secondary N) is 1. The van der Waals surface area contributed by atoms with Crippen LogP contribution in [0.1, 0.15) is 18.4 Å². The number of halogens is 1. The number of aromatic nitrogens is 2. The highest BCUT2D eigenvalue weighted by Gasteiger charge is 2.10. The number of hydrogen-bond acceptors (Lipinski definition) is 3. The third-order valence-electron chi connectivity index (χ3n) is 3.14. The third-order valence-corrected chi connectivity index (χ3v) is 3.42. The molecule has 1 aliphatic heterocycles. The van der Waals surface area contributed by atoms with Gasteiger partial charge in [0.1, 0.15) is 5.02 Å². The summed E-state index contributed by atoms with van der Waals surface area (Å²) in [6.45, 7) is 4.29. The molecule has 1 fully saturated rings. The van der Waals surface area contributed by atoms with E-state index >= 15 is 0 Å². The first-order valence-electron chi connectivity index (χ1n) is 6.66. The van der Waals surface area contributed by atoms with Crippen LogP contribution in [0.15, 0.2) is 41.6 Å². The van der Waals surface area contributed by atoms with Crippen LogP contribution in [-0.4, -0.2) is 23.1 Å². The Morgan fingerprint density at radius 3 is 2.45 bits per heavy atom. The number of hydrogen-bond donors (Lipinski definition) is 1. The van der Waals surface area contributed by atoms with E-state index in [1.54, 1.807) is 12.3 Å². The standard InChI is InChI=1S/C9H12N2.C6H6ClNO/c1-2-8-11(7-1)9-3-5-10-6-4-9;1-4-2-5(7)6(9)8-3-4/h3-6H,1-2,7-8H2;2-3H,1H3,(H,8,9). The van der Waals surface area contributed by atoms with Crippen molar-refractivity contribution in [1.82, 2.24) is 9.97 Å². The van der Waals surface area contributed by atoms with Gasteiger partial charge < -0.3 is 9.88 Å². The zero-order valence-corrected chi connectivity index (χ0v) is 12.2. The second-order valence-electron chi connectivity index (χ2n) is 4.75. The molecule has 0 unspecified atom stereocenters. The van der Waals surface area contributed by atoms with Crippen LogP contribution in [0, 0.1) is 6.92 Å². The lowest BCUT2D eigenvalue weighted by atomic mass is 10.3. The van der Waals surface area contributed by atoms with E-state index in [0.29, 0.717) is 0 Å². The topological polar surface area (TPSA) is 49.0 Å². The van der Waals surface area contributed by atoms with E-state index in [9.17, 15) is 4.79 Å². The van der Waals surface area contributed by atoms with Crippen molar-refractivity contribution >= 4 is 17.3 Å². The van der Waals surface area contributed by atoms with E-state index < -0.39 is 0 Å². The van der Waals surface area contributed by atoms with Gasteiger partial charge in [0.25, 0.3) is 5.56 Å². The van der Waals surface area contributed by atoms with Crippen LogP contribution in [0.25, 0.3) is 0 Å². The van der Waals surface area contributed by atoms with E-state index in [4.69, 9.17) is 11.6 Å². The lowest BCUT2D eigenvalue weighted by Gasteiger charge is -2.16. The summed E-state index contributed by atoms with van der Waals surface area (Å²) in [5, 5.41) is 0.245. The molecule has 0 bridgehead atoms. The lowest BCUT2D eigenvalue weighted by molar-refractivity contribution is 0.949. The van der Waals surface area contributed by atoms with Crippen molar-refractivity contribution < 1.29 is 0 Å². The molecule has 1 saturated heterocycles. The summed E-state index contributed by atoms with van der Waals surface area (Å²) in [4.78, 5) is 19.5. The largest absolute Gasteiger partial charge is 0.371 e. The minimum Gasteiger partial charge on any atom is -0.371 e. The molecule has 0 saturated carbocycles. The van der Waals surface area contributed by atoms with Crippen molar-refractivity contribution in [2.75, 3.05) is 18.0 Å². The molecule has 0 spiro atoms. The molecule has 3 heterocycles. The summed E-state index contributed by atoms with van der Waals surface area (Å²) in [7, 11) is 0. The average molecular weight is 292 g/mol. The third kappa shape index (κ3) is 4.10. The van der Waals surface area contributed by atoms with Crippen LogP contribution in [0.3, 0.4) is 0 Å². The van der Waals surface area contributed by atoms with Crippen molar-refractivity contribution in [3.05, 3.63) is 57.7 Å². The summed E-state index contributed by atoms with van der Waals surface area (Å²) in [5.41, 5.74) is 2.04. The Hall–Kier alpha value is -1.81. The highest BCUT2D eigenvalue weighted by atomic mass is 35.5. The maximum Gasteiger partial charge on any atom is 0.266 e. The predicted molar refractivity (Wildman–Crippen MR) is 82.5 cm³/mol. The van der Waals surface area contributed by atoms with Gasteiger partial charge in [-0.2, -0.15) is 0 Å². The highest BCUT2D eigenvalue weighted by Crippen LogP contribution is 2.17. The first-order valence-corrected chi connectivity index (χ1v) is 7.04. The van der Waals surface area contributed by atoms with Crippen LogP contribution in [-0.2, 0) is 0 Å². The van der Waals surface area contributed by atoms with Crippen LogP contribution in [0.4, 0.5) is 5.69 Å². The van der Waals surface area contributed by atoms with Crippen molar-refractivity contribution in [2.24, 2.45) is 0 Å². The van der Waals surface area contributed by atoms with Gasteiger partial charge in [0.05, 0.1) is 0 Å². The molecule has 0 amide bonds. The Labute approximate surface area is 123 Å². The predicted octanol–water partition coefficient (Wildman–Crippen LogP) is 3.02. The molecule has 0 aromatic carbocycles. The van der Waals surface area contributed by atoms with E-state index in [0.717, 1.165) is 5.56 Å². The smallest absolute Gasteiger partial charge is 0.266 e. The Morgan fingerprint density at radius 1 is 1.25 bits per heavy atom. The average Bonchev–Trinajstić information content (AvgIpc) is 2.99. The van der Waals surface area contributed by atoms with Crippen molar-refractivity contribution in [3.8, 4) is 0 Å². The van der Waals surface area contributed by atoms with Gasteiger partial charge in [0.2, 0.25) is 0 Å². The number of aryl methyl sites for hydroxylation is 1. The van der Waals surface area contributed by atoms with Gasteiger partial charge >= 0.3 is 0 Å². The fourth-order valence-corrected chi connectivity index (χ4v) is 2.31. The molecule has 0 atom stereocenters. The zero-order valence-electron chi connectivity index (χ0n) is 11.5. The summed E-state index contributed by atoms with van der Waals surface area (Å²) >= 11 is 5.47. The molecule has 2 aromatic rings. The minimum absolute atomic E-state index is 0.234. The van der Waals surface area contributed by atoms with Gasteiger partial charge in [0.15, 0.2) is 0 Å². The monoisotopic (exact) mass is 291 g/mol. The van der Waals surface area contributed by atoms with E-state index in [-0.39, 0.29) is 10.6 Å². The van der Waals surface area contributed by atoms with Crippen molar-refractivity contribution in [2.45, 2.75) is 19.8 Å². The molecule has 1 N–H and O–H groups in total. The molecule has 4 nitrogen and oxygen atoms in total. The van der Waals surface area contributed by atoms with Gasteiger partial charge in [-0.05, 0) is 43.5 Å². The lowest BCUT2D eigenvalue weighted by Crippen LogP contribution is -2.17. The van der Waals surface area contributed by atoms with Crippen LogP contribution in [0.2, 0.25) is 5.02 Å². The normalized spacial score (nSPS) is 13.8. The zero-order chi connectivity index (χ0) is 14.4. The van der Waals surface area contributed by atoms with E-state index in [1.165, 1.54) is 31.6 Å². The molecular weight excluding hydrogens is 274 g/mol. The Balaban J connectivity index is 0.000000151. The van der Waals surface area contributed by atoms with Gasteiger partial charge in [0, 0.05) is 37.4 Å². The highest BCUT2D eigenvalue weighted by molar-refractivity contribution is 6.30. The number of anilines is 1. The number of aromatic amines is 1. The maximum absolute atomic E-state index is 10.6. The molecule has 0 radical (unpaired) electrons. The fraction of sp³-hybridized carbons (Fsp3) is 0.333. The molecular formula is C15H18ClN3O. The molecule has 3 rings (SSSR count). The Morgan fingerprint density at radius 2 is 1.90 bits per heavy atom. The van der Waals surface area contributed by atoms with Gasteiger partial charge in [-0.25, -0.2) is 0 Å². The Kier molecular flexibility index (Phi) is 5.18. The Bertz CT molecular complexity index is 592. The van der Waals surface area contributed by atoms with E-state index in [1.807, 2.05) is 19.3 Å².